The highest BCUT2D eigenvalue weighted by molar-refractivity contribution is 7.92. The van der Waals surface area contributed by atoms with Gasteiger partial charge in [-0.2, -0.15) is 21.6 Å². The molecule has 38 heavy (non-hydrogen) atoms. The van der Waals surface area contributed by atoms with Crippen LogP contribution in [-0.2, 0) is 26.3 Å². The number of para-hydroxylation sites is 1. The van der Waals surface area contributed by atoms with E-state index in [0.29, 0.717) is 12.1 Å². The van der Waals surface area contributed by atoms with Gasteiger partial charge in [-0.1, -0.05) is 24.3 Å². The lowest BCUT2D eigenvalue weighted by atomic mass is 10.2. The van der Waals surface area contributed by atoms with Crippen LogP contribution in [0.5, 0.6) is 5.75 Å². The van der Waals surface area contributed by atoms with Crippen molar-refractivity contribution < 1.29 is 43.5 Å². The van der Waals surface area contributed by atoms with Crippen LogP contribution in [0.1, 0.15) is 5.56 Å². The van der Waals surface area contributed by atoms with Crippen LogP contribution in [0.15, 0.2) is 91.8 Å². The summed E-state index contributed by atoms with van der Waals surface area (Å²) in [6, 6.07) is 11.5. The van der Waals surface area contributed by atoms with Crippen molar-refractivity contribution in [3.05, 3.63) is 98.9 Å². The number of non-ortho nitro benzene ring substituents is 1. The van der Waals surface area contributed by atoms with Crippen LogP contribution in [0.4, 0.5) is 24.5 Å². The Labute approximate surface area is 211 Å². The highest BCUT2D eigenvalue weighted by Gasteiger charge is 2.32. The lowest BCUT2D eigenvalue weighted by molar-refractivity contribution is -0.385. The van der Waals surface area contributed by atoms with Gasteiger partial charge in [0.15, 0.2) is 11.3 Å². The smallest absolute Gasteiger partial charge is 0.416 e. The van der Waals surface area contributed by atoms with Crippen molar-refractivity contribution >= 4 is 42.5 Å². The van der Waals surface area contributed by atoms with E-state index in [4.69, 9.17) is 8.60 Å². The second-order valence-corrected chi connectivity index (χ2v) is 10.8. The quantitative estimate of drug-likeness (QED) is 0.148. The zero-order valence-corrected chi connectivity index (χ0v) is 20.1. The van der Waals surface area contributed by atoms with Crippen molar-refractivity contribution in [1.82, 2.24) is 0 Å². The molecule has 1 N–H and O–H groups in total. The van der Waals surface area contributed by atoms with Gasteiger partial charge in [0.25, 0.3) is 15.7 Å². The Hall–Kier alpha value is -4.44. The number of rotatable bonds is 7. The predicted octanol–water partition coefficient (Wildman–Crippen LogP) is 4.29. The van der Waals surface area contributed by atoms with Gasteiger partial charge in [0.05, 0.1) is 15.4 Å². The average molecular weight is 570 g/mol. The van der Waals surface area contributed by atoms with E-state index in [1.165, 1.54) is 12.1 Å². The van der Waals surface area contributed by atoms with Crippen molar-refractivity contribution in [3.8, 4) is 5.75 Å². The van der Waals surface area contributed by atoms with Crippen molar-refractivity contribution in [3.63, 3.8) is 0 Å². The Kier molecular flexibility index (Phi) is 6.62. The molecule has 0 amide bonds. The van der Waals surface area contributed by atoms with Crippen LogP contribution < -0.4 is 14.5 Å². The molecule has 0 atom stereocenters. The molecule has 4 aromatic rings. The number of halogens is 3. The molecule has 1 aromatic heterocycles. The van der Waals surface area contributed by atoms with Crippen LogP contribution in [-0.4, -0.2) is 21.8 Å². The lowest BCUT2D eigenvalue weighted by Crippen LogP contribution is -2.18. The SMILES string of the molecule is O=c1oc2c(OS(=O)(=O)c3cccc(C(F)(F)F)c3)cccc2cc1NS(=O)(=O)c1cccc([N+](=O)[O-])c1. The van der Waals surface area contributed by atoms with E-state index in [0.717, 1.165) is 48.5 Å². The van der Waals surface area contributed by atoms with Gasteiger partial charge in [-0.15, -0.1) is 0 Å². The van der Waals surface area contributed by atoms with Gasteiger partial charge in [-0.25, -0.2) is 13.2 Å². The second kappa shape index (κ2) is 9.46. The summed E-state index contributed by atoms with van der Waals surface area (Å²) in [4.78, 5) is 21.3. The number of benzene rings is 3. The second-order valence-electron chi connectivity index (χ2n) is 7.55. The third-order valence-corrected chi connectivity index (χ3v) is 7.55. The first-order valence-electron chi connectivity index (χ1n) is 10.1. The first kappa shape index (κ1) is 26.6. The molecule has 16 heteroatoms. The molecule has 0 spiro atoms. The summed E-state index contributed by atoms with van der Waals surface area (Å²) in [6.45, 7) is 0. The van der Waals surface area contributed by atoms with Gasteiger partial charge in [-0.05, 0) is 36.4 Å². The highest BCUT2D eigenvalue weighted by Crippen LogP contribution is 2.33. The van der Waals surface area contributed by atoms with Gasteiger partial charge >= 0.3 is 21.9 Å². The van der Waals surface area contributed by atoms with Crippen molar-refractivity contribution in [2.45, 2.75) is 16.0 Å². The molecular weight excluding hydrogens is 557 g/mol. The molecule has 0 aliphatic heterocycles. The largest absolute Gasteiger partial charge is 0.417 e. The number of nitrogens with zero attached hydrogens (tertiary/aromatic N) is 1. The van der Waals surface area contributed by atoms with E-state index < -0.39 is 74.9 Å². The molecule has 0 unspecified atom stereocenters. The van der Waals surface area contributed by atoms with Gasteiger partial charge in [0, 0.05) is 17.5 Å². The van der Waals surface area contributed by atoms with Gasteiger partial charge < -0.3 is 8.60 Å². The zero-order chi connectivity index (χ0) is 27.9. The van der Waals surface area contributed by atoms with Crippen molar-refractivity contribution in [2.24, 2.45) is 0 Å². The fraction of sp³-hybridized carbons (Fsp3) is 0.0455. The maximum Gasteiger partial charge on any atom is 0.416 e. The summed E-state index contributed by atoms with van der Waals surface area (Å²) in [5.41, 5.74) is -4.07. The third kappa shape index (κ3) is 5.45. The fourth-order valence-electron chi connectivity index (χ4n) is 3.22. The summed E-state index contributed by atoms with van der Waals surface area (Å²) in [7, 11) is -9.30. The van der Waals surface area contributed by atoms with Gasteiger partial charge in [0.2, 0.25) is 0 Å². The Morgan fingerprint density at radius 3 is 2.24 bits per heavy atom. The summed E-state index contributed by atoms with van der Waals surface area (Å²) < 4.78 is 102. The number of anilines is 1. The monoisotopic (exact) mass is 570 g/mol. The zero-order valence-electron chi connectivity index (χ0n) is 18.5. The van der Waals surface area contributed by atoms with Crippen molar-refractivity contribution in [1.29, 1.82) is 0 Å². The molecule has 0 saturated carbocycles. The lowest BCUT2D eigenvalue weighted by Gasteiger charge is -2.12. The number of nitrogens with one attached hydrogen (secondary N) is 1. The molecule has 0 aliphatic carbocycles. The van der Waals surface area contributed by atoms with Crippen molar-refractivity contribution in [2.75, 3.05) is 4.72 Å². The molecule has 0 fully saturated rings. The minimum absolute atomic E-state index is 0.0157. The minimum Gasteiger partial charge on any atom is -0.417 e. The van der Waals surface area contributed by atoms with Gasteiger partial charge in [0.1, 0.15) is 10.6 Å². The Morgan fingerprint density at radius 1 is 0.895 bits per heavy atom. The fourth-order valence-corrected chi connectivity index (χ4v) is 5.28. The van der Waals surface area contributed by atoms with Gasteiger partial charge in [-0.3, -0.25) is 14.8 Å². The third-order valence-electron chi connectivity index (χ3n) is 4.96. The molecule has 198 valence electrons. The van der Waals surface area contributed by atoms with Crippen LogP contribution in [0.3, 0.4) is 0 Å². The molecule has 1 heterocycles. The molecule has 3 aromatic carbocycles. The van der Waals surface area contributed by atoms with E-state index in [1.54, 1.807) is 0 Å². The van der Waals surface area contributed by atoms with E-state index in [1.807, 2.05) is 4.72 Å². The van der Waals surface area contributed by atoms with E-state index >= 15 is 0 Å². The number of sulfonamides is 1. The normalized spacial score (nSPS) is 12.3. The first-order chi connectivity index (χ1) is 17.7. The molecule has 0 saturated heterocycles. The number of hydrogen-bond donors (Lipinski definition) is 1. The maximum atomic E-state index is 13.0. The average Bonchev–Trinajstić information content (AvgIpc) is 2.84. The topological polar surface area (TPSA) is 163 Å². The maximum absolute atomic E-state index is 13.0. The Bertz CT molecular complexity index is 1850. The summed E-state index contributed by atoms with van der Waals surface area (Å²) in [6.07, 6.45) is -4.81. The Morgan fingerprint density at radius 2 is 1.55 bits per heavy atom. The molecule has 0 radical (unpaired) electrons. The summed E-state index contributed by atoms with van der Waals surface area (Å²) >= 11 is 0. The standard InChI is InChI=1S/C22H13F3N2O9S2/c23-22(24,25)14-5-2-8-17(11-14)38(33,34)36-19-9-1-4-13-10-18(21(28)35-20(13)19)26-37(31,32)16-7-3-6-15(12-16)27(29)30/h1-12,26H. The summed E-state index contributed by atoms with van der Waals surface area (Å²) in [5, 5.41) is 10.9. The molecule has 0 aliphatic rings. The van der Waals surface area contributed by atoms with E-state index in [2.05, 4.69) is 0 Å². The number of hydrogen-bond acceptors (Lipinski definition) is 9. The molecule has 0 bridgehead atoms. The van der Waals surface area contributed by atoms with E-state index in [-0.39, 0.29) is 5.39 Å². The predicted molar refractivity (Wildman–Crippen MR) is 126 cm³/mol. The van der Waals surface area contributed by atoms with E-state index in [9.17, 15) is 44.9 Å². The molecule has 4 rings (SSSR count). The van der Waals surface area contributed by atoms with Crippen LogP contribution in [0, 0.1) is 10.1 Å². The van der Waals surface area contributed by atoms with Crippen LogP contribution in [0.2, 0.25) is 0 Å². The molecular formula is C22H13F3N2O9S2. The Balaban J connectivity index is 1.70. The summed E-state index contributed by atoms with van der Waals surface area (Å²) in [5.74, 6) is -0.551. The number of nitro groups is 1. The minimum atomic E-state index is -4.82. The number of fused-ring (bicyclic) bond motifs is 1. The first-order valence-corrected chi connectivity index (χ1v) is 13.0. The number of nitro benzene ring substituents is 1. The van der Waals surface area contributed by atoms with Crippen LogP contribution in [0.25, 0.3) is 11.0 Å². The highest BCUT2D eigenvalue weighted by atomic mass is 32.2. The molecule has 11 nitrogen and oxygen atoms in total. The number of alkyl halides is 3. The van der Waals surface area contributed by atoms with Crippen LogP contribution >= 0.6 is 0 Å².